The van der Waals surface area contributed by atoms with Gasteiger partial charge >= 0.3 is 5.97 Å². The molecule has 2 saturated heterocycles. The van der Waals surface area contributed by atoms with Crippen LogP contribution in [-0.4, -0.2) is 65.5 Å². The molecule has 3 fully saturated rings. The van der Waals surface area contributed by atoms with Gasteiger partial charge in [-0.3, -0.25) is 4.79 Å². The molecule has 7 nitrogen and oxygen atoms in total. The molecule has 36 heavy (non-hydrogen) atoms. The van der Waals surface area contributed by atoms with E-state index >= 15 is 0 Å². The van der Waals surface area contributed by atoms with Crippen molar-refractivity contribution in [2.45, 2.75) is 128 Å². The zero-order valence-corrected chi connectivity index (χ0v) is 24.6. The zero-order valence-electron chi connectivity index (χ0n) is 23.6. The van der Waals surface area contributed by atoms with Crippen molar-refractivity contribution in [3.8, 4) is 0 Å². The first kappa shape index (κ1) is 29.8. The third-order valence-electron chi connectivity index (χ3n) is 8.43. The minimum absolute atomic E-state index is 0.0134. The minimum Gasteiger partial charge on any atom is -0.469 e. The average Bonchev–Trinajstić information content (AvgIpc) is 3.38. The van der Waals surface area contributed by atoms with Gasteiger partial charge in [0.1, 0.15) is 0 Å². The molecule has 0 spiro atoms. The number of rotatable bonds is 11. The normalized spacial score (nSPS) is 33.9. The SMILES string of the molecule is COC(=O)CCC/C=C\C[C@@H]1[C@@H](C2COC(C)O2)[C@H](OC2CCCCO2)C[C@@H]1O[Si](C)(C)C(C)(C)C. The molecule has 3 aliphatic rings. The number of unbranched alkanes of at least 4 members (excludes halogenated alkanes) is 1. The number of methoxy groups -OCH3 is 1. The zero-order chi connectivity index (χ0) is 26.3. The first-order valence-electron chi connectivity index (χ1n) is 14.0. The monoisotopic (exact) mass is 526 g/mol. The van der Waals surface area contributed by atoms with Crippen molar-refractivity contribution in [3.05, 3.63) is 12.2 Å². The molecule has 0 aromatic carbocycles. The maximum absolute atomic E-state index is 11.4. The summed E-state index contributed by atoms with van der Waals surface area (Å²) in [5.74, 6) is 0.290. The molecule has 1 saturated carbocycles. The topological polar surface area (TPSA) is 72.5 Å². The van der Waals surface area contributed by atoms with Crippen molar-refractivity contribution in [1.29, 1.82) is 0 Å². The van der Waals surface area contributed by atoms with Gasteiger partial charge < -0.3 is 28.1 Å². The number of allylic oxidation sites excluding steroid dienone is 2. The van der Waals surface area contributed by atoms with Gasteiger partial charge in [-0.2, -0.15) is 0 Å². The summed E-state index contributed by atoms with van der Waals surface area (Å²) in [6.45, 7) is 14.9. The lowest BCUT2D eigenvalue weighted by Crippen LogP contribution is -2.45. The second-order valence-corrected chi connectivity index (χ2v) is 16.9. The van der Waals surface area contributed by atoms with Crippen molar-refractivity contribution >= 4 is 14.3 Å². The molecule has 2 aliphatic heterocycles. The highest BCUT2D eigenvalue weighted by molar-refractivity contribution is 6.74. The van der Waals surface area contributed by atoms with Gasteiger partial charge in [0.2, 0.25) is 0 Å². The highest BCUT2D eigenvalue weighted by atomic mass is 28.4. The minimum atomic E-state index is -1.99. The lowest BCUT2D eigenvalue weighted by atomic mass is 9.86. The Kier molecular flexibility index (Phi) is 11.0. The molecule has 8 heteroatoms. The van der Waals surface area contributed by atoms with Crippen LogP contribution in [-0.2, 0) is 32.9 Å². The summed E-state index contributed by atoms with van der Waals surface area (Å²) in [5, 5.41) is 0.129. The summed E-state index contributed by atoms with van der Waals surface area (Å²) in [4.78, 5) is 11.4. The molecule has 0 aromatic rings. The van der Waals surface area contributed by atoms with Gasteiger partial charge in [0, 0.05) is 18.9 Å². The quantitative estimate of drug-likeness (QED) is 0.142. The van der Waals surface area contributed by atoms with Crippen LogP contribution in [0.1, 0.15) is 79.1 Å². The molecule has 2 heterocycles. The van der Waals surface area contributed by atoms with Crippen LogP contribution in [0.15, 0.2) is 12.2 Å². The molecule has 3 rings (SSSR count). The predicted molar refractivity (Wildman–Crippen MR) is 142 cm³/mol. The number of carbonyl (C=O) groups excluding carboxylic acids is 1. The molecule has 0 bridgehead atoms. The number of hydrogen-bond acceptors (Lipinski definition) is 7. The second kappa shape index (κ2) is 13.3. The van der Waals surface area contributed by atoms with Crippen LogP contribution < -0.4 is 0 Å². The van der Waals surface area contributed by atoms with Crippen molar-refractivity contribution in [3.63, 3.8) is 0 Å². The number of hydrogen-bond donors (Lipinski definition) is 0. The summed E-state index contributed by atoms with van der Waals surface area (Å²) >= 11 is 0. The third kappa shape index (κ3) is 8.11. The van der Waals surface area contributed by atoms with Gasteiger partial charge in [0.05, 0.1) is 32.0 Å². The van der Waals surface area contributed by atoms with Crippen molar-refractivity contribution in [2.75, 3.05) is 20.3 Å². The Balaban J connectivity index is 1.77. The molecule has 0 radical (unpaired) electrons. The summed E-state index contributed by atoms with van der Waals surface area (Å²) in [7, 11) is -0.550. The fourth-order valence-corrected chi connectivity index (χ4v) is 6.73. The molecule has 0 aromatic heterocycles. The van der Waals surface area contributed by atoms with Crippen LogP contribution in [0.3, 0.4) is 0 Å². The molecule has 7 atom stereocenters. The van der Waals surface area contributed by atoms with Crippen LogP contribution in [0, 0.1) is 11.8 Å². The molecule has 1 aliphatic carbocycles. The summed E-state index contributed by atoms with van der Waals surface area (Å²) in [5.41, 5.74) is 0. The van der Waals surface area contributed by atoms with Crippen LogP contribution in [0.25, 0.3) is 0 Å². The molecular weight excluding hydrogens is 476 g/mol. The van der Waals surface area contributed by atoms with E-state index in [0.717, 1.165) is 51.6 Å². The second-order valence-electron chi connectivity index (χ2n) is 12.1. The smallest absolute Gasteiger partial charge is 0.305 e. The predicted octanol–water partition coefficient (Wildman–Crippen LogP) is 5.98. The number of ether oxygens (including phenoxy) is 5. The van der Waals surface area contributed by atoms with Crippen molar-refractivity contribution in [2.24, 2.45) is 11.8 Å². The lowest BCUT2D eigenvalue weighted by Gasteiger charge is -2.40. The molecule has 208 valence electrons. The first-order chi connectivity index (χ1) is 17.0. The number of esters is 1. The van der Waals surface area contributed by atoms with Crippen LogP contribution in [0.5, 0.6) is 0 Å². The summed E-state index contributed by atoms with van der Waals surface area (Å²) in [6, 6.07) is 0. The molecular formula is C28H50O7Si. The fraction of sp³-hybridized carbons (Fsp3) is 0.893. The van der Waals surface area contributed by atoms with Crippen molar-refractivity contribution in [1.82, 2.24) is 0 Å². The third-order valence-corrected chi connectivity index (χ3v) is 12.9. The Bertz CT molecular complexity index is 713. The Morgan fingerprint density at radius 1 is 1.11 bits per heavy atom. The van der Waals surface area contributed by atoms with Crippen LogP contribution in [0.4, 0.5) is 0 Å². The maximum Gasteiger partial charge on any atom is 0.305 e. The Labute approximate surface area is 219 Å². The number of carbonyl (C=O) groups is 1. The van der Waals surface area contributed by atoms with E-state index in [0.29, 0.717) is 13.0 Å². The van der Waals surface area contributed by atoms with E-state index in [1.165, 1.54) is 7.11 Å². The highest BCUT2D eigenvalue weighted by Crippen LogP contribution is 2.47. The van der Waals surface area contributed by atoms with Gasteiger partial charge in [0.25, 0.3) is 0 Å². The van der Waals surface area contributed by atoms with E-state index in [9.17, 15) is 4.79 Å². The van der Waals surface area contributed by atoms with Crippen molar-refractivity contribution < 1.29 is 32.9 Å². The maximum atomic E-state index is 11.4. The summed E-state index contributed by atoms with van der Waals surface area (Å²) in [6.07, 6.45) is 11.2. The van der Waals surface area contributed by atoms with Gasteiger partial charge in [-0.05, 0) is 75.9 Å². The average molecular weight is 527 g/mol. The molecule has 0 amide bonds. The van der Waals surface area contributed by atoms with Gasteiger partial charge in [-0.25, -0.2) is 0 Å². The van der Waals surface area contributed by atoms with E-state index in [2.05, 4.69) is 46.0 Å². The fourth-order valence-electron chi connectivity index (χ4n) is 5.35. The largest absolute Gasteiger partial charge is 0.469 e. The van der Waals surface area contributed by atoms with Gasteiger partial charge in [-0.1, -0.05) is 32.9 Å². The van der Waals surface area contributed by atoms with E-state index in [4.69, 9.17) is 28.1 Å². The van der Waals surface area contributed by atoms with Gasteiger partial charge in [-0.15, -0.1) is 0 Å². The molecule has 0 N–H and O–H groups in total. The van der Waals surface area contributed by atoms with Crippen LogP contribution >= 0.6 is 0 Å². The Hall–Kier alpha value is -0.773. The first-order valence-corrected chi connectivity index (χ1v) is 16.9. The Morgan fingerprint density at radius 2 is 1.89 bits per heavy atom. The summed E-state index contributed by atoms with van der Waals surface area (Å²) < 4.78 is 36.6. The standard InChI is InChI=1S/C28H50O7Si/c1-20-32-19-24(33-20)27-21(14-10-8-9-11-15-25(29)30-5)22(35-36(6,7)28(2,3)4)18-23(27)34-26-16-12-13-17-31-26/h8,10,20-24,26-27H,9,11-19H2,1-7H3/b10-8-/t20?,21-,22-,23+,24?,26?,27+/m0/s1. The van der Waals surface area contributed by atoms with Crippen LogP contribution in [0.2, 0.25) is 18.1 Å². The van der Waals surface area contributed by atoms with Gasteiger partial charge in [0.15, 0.2) is 20.9 Å². The molecule has 3 unspecified atom stereocenters. The van der Waals surface area contributed by atoms with E-state index in [-0.39, 0.29) is 53.7 Å². The van der Waals surface area contributed by atoms with E-state index < -0.39 is 8.32 Å². The lowest BCUT2D eigenvalue weighted by molar-refractivity contribution is -0.203. The van der Waals surface area contributed by atoms with E-state index in [1.54, 1.807) is 0 Å². The highest BCUT2D eigenvalue weighted by Gasteiger charge is 2.53. The Morgan fingerprint density at radius 3 is 2.50 bits per heavy atom. The van der Waals surface area contributed by atoms with E-state index in [1.807, 2.05) is 6.92 Å².